The lowest BCUT2D eigenvalue weighted by Gasteiger charge is -2.10. The van der Waals surface area contributed by atoms with Gasteiger partial charge in [0.2, 0.25) is 0 Å². The zero-order valence-corrected chi connectivity index (χ0v) is 16.6. The fraction of sp³-hybridized carbons (Fsp3) is 0.412. The number of guanidine groups is 1. The van der Waals surface area contributed by atoms with Crippen molar-refractivity contribution >= 4 is 29.9 Å². The van der Waals surface area contributed by atoms with Crippen LogP contribution in [0, 0.1) is 0 Å². The summed E-state index contributed by atoms with van der Waals surface area (Å²) in [6, 6.07) is 10.1. The van der Waals surface area contributed by atoms with E-state index in [1.54, 1.807) is 0 Å². The van der Waals surface area contributed by atoms with E-state index in [2.05, 4.69) is 20.7 Å². The largest absolute Gasteiger partial charge is 0.380 e. The second-order valence-electron chi connectivity index (χ2n) is 4.95. The van der Waals surface area contributed by atoms with Crippen molar-refractivity contribution in [1.29, 1.82) is 0 Å². The Hall–Kier alpha value is -1.61. The van der Waals surface area contributed by atoms with Gasteiger partial charge in [0.1, 0.15) is 0 Å². The molecule has 0 aliphatic heterocycles. The molecule has 0 saturated carbocycles. The predicted octanol–water partition coefficient (Wildman–Crippen LogP) is 2.58. The van der Waals surface area contributed by atoms with E-state index in [0.29, 0.717) is 13.2 Å². The van der Waals surface area contributed by atoms with Crippen LogP contribution in [0.2, 0.25) is 0 Å². The average molecular weight is 443 g/mol. The number of rotatable bonds is 8. The van der Waals surface area contributed by atoms with Gasteiger partial charge in [-0.3, -0.25) is 0 Å². The molecule has 132 valence electrons. The molecule has 0 fully saturated rings. The molecule has 2 N–H and O–H groups in total. The third-order valence-electron chi connectivity index (χ3n) is 3.16. The van der Waals surface area contributed by atoms with Crippen LogP contribution in [0.3, 0.4) is 0 Å². The maximum atomic E-state index is 5.32. The van der Waals surface area contributed by atoms with E-state index in [1.807, 2.05) is 61.3 Å². The second kappa shape index (κ2) is 11.9. The van der Waals surface area contributed by atoms with Gasteiger partial charge in [0.15, 0.2) is 5.96 Å². The quantitative estimate of drug-likeness (QED) is 0.285. The SMILES string of the molecule is CCNC(=NCc1cnn(-c2ccccc2)c1)NCCOCC.I. The Kier molecular flexibility index (Phi) is 10.1. The first-order chi connectivity index (χ1) is 11.3. The molecule has 0 radical (unpaired) electrons. The highest BCUT2D eigenvalue weighted by molar-refractivity contribution is 14.0. The van der Waals surface area contributed by atoms with Gasteiger partial charge in [0.05, 0.1) is 25.0 Å². The van der Waals surface area contributed by atoms with Crippen molar-refractivity contribution in [3.05, 3.63) is 48.3 Å². The van der Waals surface area contributed by atoms with Crippen LogP contribution in [0.15, 0.2) is 47.7 Å². The molecule has 1 aromatic heterocycles. The van der Waals surface area contributed by atoms with Crippen LogP contribution in [0.1, 0.15) is 19.4 Å². The van der Waals surface area contributed by atoms with Crippen LogP contribution in [-0.2, 0) is 11.3 Å². The zero-order valence-electron chi connectivity index (χ0n) is 14.2. The Bertz CT molecular complexity index is 600. The highest BCUT2D eigenvalue weighted by atomic mass is 127. The van der Waals surface area contributed by atoms with Crippen molar-refractivity contribution in [1.82, 2.24) is 20.4 Å². The first-order valence-corrected chi connectivity index (χ1v) is 8.02. The number of ether oxygens (including phenoxy) is 1. The van der Waals surface area contributed by atoms with E-state index in [1.165, 1.54) is 0 Å². The van der Waals surface area contributed by atoms with Gasteiger partial charge in [0, 0.05) is 31.5 Å². The summed E-state index contributed by atoms with van der Waals surface area (Å²) in [5, 5.41) is 10.9. The number of benzene rings is 1. The Labute approximate surface area is 160 Å². The summed E-state index contributed by atoms with van der Waals surface area (Å²) < 4.78 is 7.18. The lowest BCUT2D eigenvalue weighted by molar-refractivity contribution is 0.152. The zero-order chi connectivity index (χ0) is 16.3. The molecule has 0 bridgehead atoms. The minimum atomic E-state index is 0. The number of halogens is 1. The van der Waals surface area contributed by atoms with Crippen LogP contribution >= 0.6 is 24.0 Å². The van der Waals surface area contributed by atoms with Gasteiger partial charge < -0.3 is 15.4 Å². The van der Waals surface area contributed by atoms with Gasteiger partial charge >= 0.3 is 0 Å². The second-order valence-corrected chi connectivity index (χ2v) is 4.95. The predicted molar refractivity (Wildman–Crippen MR) is 108 cm³/mol. The van der Waals surface area contributed by atoms with Gasteiger partial charge in [-0.05, 0) is 26.0 Å². The van der Waals surface area contributed by atoms with Crippen LogP contribution in [0.5, 0.6) is 0 Å². The molecule has 0 atom stereocenters. The average Bonchev–Trinajstić information content (AvgIpc) is 3.06. The van der Waals surface area contributed by atoms with Gasteiger partial charge in [-0.25, -0.2) is 9.67 Å². The number of para-hydroxylation sites is 1. The summed E-state index contributed by atoms with van der Waals surface area (Å²) in [4.78, 5) is 4.57. The highest BCUT2D eigenvalue weighted by Crippen LogP contribution is 2.08. The van der Waals surface area contributed by atoms with Crippen LogP contribution in [0.25, 0.3) is 5.69 Å². The van der Waals surface area contributed by atoms with E-state index in [0.717, 1.165) is 36.9 Å². The topological polar surface area (TPSA) is 63.5 Å². The minimum absolute atomic E-state index is 0. The van der Waals surface area contributed by atoms with Crippen molar-refractivity contribution in [2.45, 2.75) is 20.4 Å². The van der Waals surface area contributed by atoms with Crippen molar-refractivity contribution in [2.75, 3.05) is 26.3 Å². The Balaban J connectivity index is 0.00000288. The molecule has 0 saturated heterocycles. The molecule has 6 nitrogen and oxygen atoms in total. The van der Waals surface area contributed by atoms with E-state index in [4.69, 9.17) is 4.74 Å². The van der Waals surface area contributed by atoms with E-state index in [-0.39, 0.29) is 24.0 Å². The molecule has 0 spiro atoms. The van der Waals surface area contributed by atoms with Crippen LogP contribution in [0.4, 0.5) is 0 Å². The third-order valence-corrected chi connectivity index (χ3v) is 3.16. The van der Waals surface area contributed by atoms with Crippen LogP contribution in [-0.4, -0.2) is 42.0 Å². The Morgan fingerprint density at radius 3 is 2.71 bits per heavy atom. The lowest BCUT2D eigenvalue weighted by Crippen LogP contribution is -2.38. The number of aliphatic imine (C=N–C) groups is 1. The van der Waals surface area contributed by atoms with Crippen molar-refractivity contribution in [3.63, 3.8) is 0 Å². The summed E-state index contributed by atoms with van der Waals surface area (Å²) >= 11 is 0. The monoisotopic (exact) mass is 443 g/mol. The summed E-state index contributed by atoms with van der Waals surface area (Å²) in [6.45, 7) is 7.58. The Morgan fingerprint density at radius 1 is 1.21 bits per heavy atom. The smallest absolute Gasteiger partial charge is 0.191 e. The maximum Gasteiger partial charge on any atom is 0.191 e. The number of nitrogens with zero attached hydrogens (tertiary/aromatic N) is 3. The van der Waals surface area contributed by atoms with Crippen molar-refractivity contribution < 1.29 is 4.74 Å². The minimum Gasteiger partial charge on any atom is -0.380 e. The lowest BCUT2D eigenvalue weighted by atomic mass is 10.3. The van der Waals surface area contributed by atoms with Gasteiger partial charge in [-0.1, -0.05) is 18.2 Å². The third kappa shape index (κ3) is 6.88. The molecule has 2 aromatic rings. The van der Waals surface area contributed by atoms with Crippen molar-refractivity contribution in [2.24, 2.45) is 4.99 Å². The molecule has 1 aromatic carbocycles. The van der Waals surface area contributed by atoms with E-state index < -0.39 is 0 Å². The van der Waals surface area contributed by atoms with E-state index in [9.17, 15) is 0 Å². The van der Waals surface area contributed by atoms with Gasteiger partial charge in [-0.15, -0.1) is 24.0 Å². The normalized spacial score (nSPS) is 11.0. The number of hydrogen-bond donors (Lipinski definition) is 2. The molecule has 24 heavy (non-hydrogen) atoms. The van der Waals surface area contributed by atoms with E-state index >= 15 is 0 Å². The molecule has 0 unspecified atom stereocenters. The fourth-order valence-electron chi connectivity index (χ4n) is 2.06. The first-order valence-electron chi connectivity index (χ1n) is 8.02. The molecular weight excluding hydrogens is 417 g/mol. The first kappa shape index (κ1) is 20.4. The molecule has 0 aliphatic rings. The highest BCUT2D eigenvalue weighted by Gasteiger charge is 2.01. The van der Waals surface area contributed by atoms with Crippen LogP contribution < -0.4 is 10.6 Å². The maximum absolute atomic E-state index is 5.32. The molecule has 0 aliphatic carbocycles. The van der Waals surface area contributed by atoms with Gasteiger partial charge in [0.25, 0.3) is 0 Å². The number of aromatic nitrogens is 2. The van der Waals surface area contributed by atoms with Gasteiger partial charge in [-0.2, -0.15) is 5.10 Å². The fourth-order valence-corrected chi connectivity index (χ4v) is 2.06. The standard InChI is InChI=1S/C17H25N5O.HI/c1-3-18-17(19-10-11-23-4-2)20-12-15-13-21-22(14-15)16-8-6-5-7-9-16;/h5-9,13-14H,3-4,10-12H2,1-2H3,(H2,18,19,20);1H. The number of hydrogen-bond acceptors (Lipinski definition) is 3. The van der Waals surface area contributed by atoms with Crippen molar-refractivity contribution in [3.8, 4) is 5.69 Å². The molecule has 7 heteroatoms. The Morgan fingerprint density at radius 2 is 2.00 bits per heavy atom. The number of nitrogens with one attached hydrogen (secondary N) is 2. The summed E-state index contributed by atoms with van der Waals surface area (Å²) in [5.41, 5.74) is 2.11. The summed E-state index contributed by atoms with van der Waals surface area (Å²) in [5.74, 6) is 0.791. The summed E-state index contributed by atoms with van der Waals surface area (Å²) in [6.07, 6.45) is 3.85. The molecular formula is C17H26IN5O. The molecule has 1 heterocycles. The molecule has 0 amide bonds. The summed E-state index contributed by atoms with van der Waals surface area (Å²) in [7, 11) is 0. The molecule has 2 rings (SSSR count).